The fourth-order valence-electron chi connectivity index (χ4n) is 2.39. The lowest BCUT2D eigenvalue weighted by molar-refractivity contribution is 0.0466. The zero-order valence-corrected chi connectivity index (χ0v) is 14.0. The number of pyridine rings is 1. The summed E-state index contributed by atoms with van der Waals surface area (Å²) in [5, 5.41) is 0.445. The molecule has 0 aliphatic rings. The summed E-state index contributed by atoms with van der Waals surface area (Å²) in [5.41, 5.74) is 2.97. The average Bonchev–Trinajstić information content (AvgIpc) is 2.56. The highest BCUT2D eigenvalue weighted by Crippen LogP contribution is 2.15. The van der Waals surface area contributed by atoms with Crippen molar-refractivity contribution < 1.29 is 9.53 Å². The summed E-state index contributed by atoms with van der Waals surface area (Å²) in [6.07, 6.45) is 1.50. The van der Waals surface area contributed by atoms with E-state index in [4.69, 9.17) is 16.3 Å². The topological polar surface area (TPSA) is 60.7 Å². The van der Waals surface area contributed by atoms with Crippen LogP contribution in [0.4, 0.5) is 0 Å². The van der Waals surface area contributed by atoms with Crippen molar-refractivity contribution >= 4 is 23.2 Å². The van der Waals surface area contributed by atoms with Crippen LogP contribution in [-0.4, -0.2) is 15.4 Å². The fourth-order valence-corrected chi connectivity index (χ4v) is 2.55. The molecule has 5 nitrogen and oxygen atoms in total. The van der Waals surface area contributed by atoms with E-state index in [1.165, 1.54) is 16.7 Å². The van der Waals surface area contributed by atoms with Gasteiger partial charge in [0.1, 0.15) is 12.3 Å². The van der Waals surface area contributed by atoms with Crippen LogP contribution in [0.1, 0.15) is 27.2 Å². The third kappa shape index (κ3) is 3.16. The summed E-state index contributed by atoms with van der Waals surface area (Å²) in [6.45, 7) is 3.74. The Balaban J connectivity index is 1.83. The molecule has 0 saturated heterocycles. The number of ether oxygens (including phenoxy) is 1. The largest absolute Gasteiger partial charge is 0.456 e. The van der Waals surface area contributed by atoms with Gasteiger partial charge in [0.2, 0.25) is 0 Å². The highest BCUT2D eigenvalue weighted by molar-refractivity contribution is 6.30. The van der Waals surface area contributed by atoms with Gasteiger partial charge in [-0.3, -0.25) is 9.20 Å². The molecule has 2 aromatic heterocycles. The third-order valence-electron chi connectivity index (χ3n) is 3.85. The summed E-state index contributed by atoms with van der Waals surface area (Å²) in [5.74, 6) is -0.436. The number of esters is 1. The predicted octanol–water partition coefficient (Wildman–Crippen LogP) is 3.32. The number of nitrogens with zero attached hydrogens (tertiary/aromatic N) is 2. The van der Waals surface area contributed by atoms with Crippen molar-refractivity contribution in [3.8, 4) is 0 Å². The number of aromatic nitrogens is 2. The standard InChI is InChI=1S/C18H15ClN2O3/c1-11-4-3-5-15(12(11)2)18(23)24-10-14-8-17(22)21-9-13(19)6-7-16(21)20-14/h3-9H,10H2,1-2H3. The first-order valence-corrected chi connectivity index (χ1v) is 7.74. The molecule has 0 bridgehead atoms. The highest BCUT2D eigenvalue weighted by Gasteiger charge is 2.12. The number of aryl methyl sites for hydroxylation is 1. The van der Waals surface area contributed by atoms with Gasteiger partial charge in [0.05, 0.1) is 16.3 Å². The smallest absolute Gasteiger partial charge is 0.338 e. The van der Waals surface area contributed by atoms with Crippen molar-refractivity contribution in [1.82, 2.24) is 9.38 Å². The fraction of sp³-hybridized carbons (Fsp3) is 0.167. The number of fused-ring (bicyclic) bond motifs is 1. The zero-order valence-electron chi connectivity index (χ0n) is 13.2. The minimum absolute atomic E-state index is 0.0689. The van der Waals surface area contributed by atoms with Gasteiger partial charge in [-0.25, -0.2) is 9.78 Å². The molecule has 122 valence electrons. The third-order valence-corrected chi connectivity index (χ3v) is 4.08. The Morgan fingerprint density at radius 1 is 1.25 bits per heavy atom. The first-order valence-electron chi connectivity index (χ1n) is 7.37. The summed E-state index contributed by atoms with van der Waals surface area (Å²) < 4.78 is 6.65. The molecule has 0 N–H and O–H groups in total. The van der Waals surface area contributed by atoms with Crippen molar-refractivity contribution in [2.24, 2.45) is 0 Å². The molecule has 0 aliphatic carbocycles. The van der Waals surface area contributed by atoms with E-state index in [0.29, 0.717) is 21.9 Å². The van der Waals surface area contributed by atoms with E-state index in [1.54, 1.807) is 18.2 Å². The van der Waals surface area contributed by atoms with Gasteiger partial charge in [-0.1, -0.05) is 23.7 Å². The molecule has 0 aliphatic heterocycles. The Kier molecular flexibility index (Phi) is 4.36. The van der Waals surface area contributed by atoms with Crippen LogP contribution in [0.5, 0.6) is 0 Å². The van der Waals surface area contributed by atoms with Gasteiger partial charge in [0.15, 0.2) is 0 Å². The maximum atomic E-state index is 12.2. The summed E-state index contributed by atoms with van der Waals surface area (Å²) >= 11 is 5.87. The lowest BCUT2D eigenvalue weighted by Crippen LogP contribution is -2.16. The number of carbonyl (C=O) groups is 1. The van der Waals surface area contributed by atoms with Crippen molar-refractivity contribution in [2.45, 2.75) is 20.5 Å². The molecular formula is C18H15ClN2O3. The van der Waals surface area contributed by atoms with E-state index in [9.17, 15) is 9.59 Å². The molecule has 0 saturated carbocycles. The summed E-state index contributed by atoms with van der Waals surface area (Å²) in [7, 11) is 0. The Bertz CT molecular complexity index is 995. The first-order chi connectivity index (χ1) is 11.5. The van der Waals surface area contributed by atoms with Crippen LogP contribution in [0.2, 0.25) is 5.02 Å². The van der Waals surface area contributed by atoms with Gasteiger partial charge in [-0.2, -0.15) is 0 Å². The van der Waals surface area contributed by atoms with Crippen LogP contribution in [0, 0.1) is 13.8 Å². The Hall–Kier alpha value is -2.66. The maximum Gasteiger partial charge on any atom is 0.338 e. The van der Waals surface area contributed by atoms with Crippen LogP contribution in [-0.2, 0) is 11.3 Å². The lowest BCUT2D eigenvalue weighted by atomic mass is 10.0. The molecule has 0 radical (unpaired) electrons. The van der Waals surface area contributed by atoms with Gasteiger partial charge in [-0.15, -0.1) is 0 Å². The number of hydrogen-bond acceptors (Lipinski definition) is 4. The van der Waals surface area contributed by atoms with Crippen LogP contribution in [0.3, 0.4) is 0 Å². The number of carbonyl (C=O) groups excluding carboxylic acids is 1. The molecule has 0 unspecified atom stereocenters. The van der Waals surface area contributed by atoms with Gasteiger partial charge in [0, 0.05) is 12.3 Å². The summed E-state index contributed by atoms with van der Waals surface area (Å²) in [4.78, 5) is 28.6. The van der Waals surface area contributed by atoms with Gasteiger partial charge in [-0.05, 0) is 43.2 Å². The second kappa shape index (κ2) is 6.45. The minimum atomic E-state index is -0.436. The molecule has 1 aromatic carbocycles. The van der Waals surface area contributed by atoms with Crippen LogP contribution >= 0.6 is 11.6 Å². The van der Waals surface area contributed by atoms with Crippen molar-refractivity contribution in [2.75, 3.05) is 0 Å². The molecule has 0 amide bonds. The molecule has 3 rings (SSSR count). The van der Waals surface area contributed by atoms with Crippen LogP contribution in [0.15, 0.2) is 47.4 Å². The van der Waals surface area contributed by atoms with E-state index >= 15 is 0 Å². The number of rotatable bonds is 3. The van der Waals surface area contributed by atoms with Gasteiger partial charge in [0.25, 0.3) is 5.56 Å². The van der Waals surface area contributed by atoms with E-state index in [2.05, 4.69) is 4.98 Å². The molecule has 24 heavy (non-hydrogen) atoms. The number of hydrogen-bond donors (Lipinski definition) is 0. The van der Waals surface area contributed by atoms with E-state index < -0.39 is 5.97 Å². The molecular weight excluding hydrogens is 328 g/mol. The normalized spacial score (nSPS) is 10.8. The minimum Gasteiger partial charge on any atom is -0.456 e. The molecule has 0 fully saturated rings. The lowest BCUT2D eigenvalue weighted by Gasteiger charge is -2.09. The predicted molar refractivity (Wildman–Crippen MR) is 91.5 cm³/mol. The number of benzene rings is 1. The van der Waals surface area contributed by atoms with Crippen molar-refractivity contribution in [3.63, 3.8) is 0 Å². The zero-order chi connectivity index (χ0) is 17.3. The van der Waals surface area contributed by atoms with E-state index in [-0.39, 0.29) is 12.2 Å². The maximum absolute atomic E-state index is 12.2. The molecule has 0 spiro atoms. The Morgan fingerprint density at radius 2 is 2.04 bits per heavy atom. The van der Waals surface area contributed by atoms with Gasteiger partial charge >= 0.3 is 5.97 Å². The van der Waals surface area contributed by atoms with Crippen LogP contribution in [0.25, 0.3) is 5.65 Å². The van der Waals surface area contributed by atoms with E-state index in [1.807, 2.05) is 26.0 Å². The van der Waals surface area contributed by atoms with Crippen LogP contribution < -0.4 is 5.56 Å². The Morgan fingerprint density at radius 3 is 2.83 bits per heavy atom. The molecule has 3 aromatic rings. The second-order valence-corrected chi connectivity index (χ2v) is 5.92. The second-order valence-electron chi connectivity index (χ2n) is 5.48. The summed E-state index contributed by atoms with van der Waals surface area (Å²) in [6, 6.07) is 10.1. The molecule has 2 heterocycles. The first kappa shape index (κ1) is 16.2. The quantitative estimate of drug-likeness (QED) is 0.685. The number of halogens is 1. The van der Waals surface area contributed by atoms with E-state index in [0.717, 1.165) is 11.1 Å². The molecule has 6 heteroatoms. The van der Waals surface area contributed by atoms with Crippen molar-refractivity contribution in [3.05, 3.63) is 80.4 Å². The average molecular weight is 343 g/mol. The molecule has 0 atom stereocenters. The SMILES string of the molecule is Cc1cccc(C(=O)OCc2cc(=O)n3cc(Cl)ccc3n2)c1C. The monoisotopic (exact) mass is 342 g/mol. The highest BCUT2D eigenvalue weighted by atomic mass is 35.5. The van der Waals surface area contributed by atoms with Crippen molar-refractivity contribution in [1.29, 1.82) is 0 Å². The Labute approximate surface area is 143 Å². The van der Waals surface area contributed by atoms with Gasteiger partial charge < -0.3 is 4.74 Å².